The second-order valence-corrected chi connectivity index (χ2v) is 5.95. The summed E-state index contributed by atoms with van der Waals surface area (Å²) in [4.78, 5) is 18.0. The molecule has 0 aliphatic rings. The number of rotatable bonds is 5. The summed E-state index contributed by atoms with van der Waals surface area (Å²) in [5.41, 5.74) is 3.80. The van der Waals surface area contributed by atoms with E-state index in [1.807, 2.05) is 18.2 Å². The molecule has 27 heavy (non-hydrogen) atoms. The molecule has 0 spiro atoms. The van der Waals surface area contributed by atoms with Gasteiger partial charge in [0.1, 0.15) is 23.2 Å². The number of methoxy groups -OCH3 is 1. The van der Waals surface area contributed by atoms with Crippen LogP contribution in [0.4, 0.5) is 0 Å². The predicted octanol–water partition coefficient (Wildman–Crippen LogP) is 2.56. The summed E-state index contributed by atoms with van der Waals surface area (Å²) >= 11 is 0. The molecular weight excluding hydrogens is 344 g/mol. The van der Waals surface area contributed by atoms with E-state index >= 15 is 0 Å². The van der Waals surface area contributed by atoms with Crippen molar-refractivity contribution in [3.8, 4) is 23.1 Å². The van der Waals surface area contributed by atoms with Gasteiger partial charge in [0.25, 0.3) is 0 Å². The van der Waals surface area contributed by atoms with Gasteiger partial charge in [-0.05, 0) is 23.8 Å². The lowest BCUT2D eigenvalue weighted by molar-refractivity contribution is 0.112. The first kappa shape index (κ1) is 16.5. The summed E-state index contributed by atoms with van der Waals surface area (Å²) in [5, 5.41) is 18.5. The van der Waals surface area contributed by atoms with Crippen LogP contribution < -0.4 is 4.74 Å². The van der Waals surface area contributed by atoms with Crippen LogP contribution in [0.2, 0.25) is 0 Å². The van der Waals surface area contributed by atoms with Crippen molar-refractivity contribution >= 4 is 17.2 Å². The number of hydrogen-bond donors (Lipinski definition) is 1. The molecule has 0 unspecified atom stereocenters. The summed E-state index contributed by atoms with van der Waals surface area (Å²) in [5.74, 6) is 0.543. The number of aromatic amines is 1. The highest BCUT2D eigenvalue weighted by Crippen LogP contribution is 2.24. The molecule has 1 aromatic carbocycles. The van der Waals surface area contributed by atoms with Gasteiger partial charge in [0.15, 0.2) is 6.29 Å². The van der Waals surface area contributed by atoms with Gasteiger partial charge >= 0.3 is 0 Å². The molecule has 0 aliphatic carbocycles. The van der Waals surface area contributed by atoms with Gasteiger partial charge in [-0.15, -0.1) is 5.10 Å². The van der Waals surface area contributed by atoms with Crippen LogP contribution in [0, 0.1) is 11.3 Å². The average Bonchev–Trinajstić information content (AvgIpc) is 3.33. The second-order valence-electron chi connectivity index (χ2n) is 5.95. The van der Waals surface area contributed by atoms with Crippen LogP contribution in [-0.4, -0.2) is 38.4 Å². The van der Waals surface area contributed by atoms with Crippen LogP contribution in [0.1, 0.15) is 21.7 Å². The molecule has 4 rings (SSSR count). The molecular formula is C19H14N6O2. The molecule has 0 amide bonds. The van der Waals surface area contributed by atoms with Crippen molar-refractivity contribution < 1.29 is 9.53 Å². The molecule has 0 saturated heterocycles. The number of nitriles is 1. The SMILES string of the molecule is COc1cnc(C#N)c(-c2cn(Cc3ccc4cc(C=O)[nH]c4c3)nn2)c1. The molecule has 8 heteroatoms. The van der Waals surface area contributed by atoms with E-state index in [4.69, 9.17) is 4.74 Å². The Morgan fingerprint density at radius 1 is 1.33 bits per heavy atom. The van der Waals surface area contributed by atoms with Gasteiger partial charge < -0.3 is 9.72 Å². The van der Waals surface area contributed by atoms with Gasteiger partial charge in [-0.25, -0.2) is 9.67 Å². The Kier molecular flexibility index (Phi) is 4.10. The molecule has 1 N–H and O–H groups in total. The van der Waals surface area contributed by atoms with Crippen LogP contribution in [-0.2, 0) is 6.54 Å². The molecule has 4 aromatic rings. The lowest BCUT2D eigenvalue weighted by atomic mass is 10.1. The highest BCUT2D eigenvalue weighted by Gasteiger charge is 2.12. The van der Waals surface area contributed by atoms with E-state index in [9.17, 15) is 10.1 Å². The average molecular weight is 358 g/mol. The predicted molar refractivity (Wildman–Crippen MR) is 97.3 cm³/mol. The zero-order valence-corrected chi connectivity index (χ0v) is 14.4. The number of carbonyl (C=O) groups is 1. The third kappa shape index (κ3) is 3.14. The van der Waals surface area contributed by atoms with Gasteiger partial charge in [-0.3, -0.25) is 4.79 Å². The van der Waals surface area contributed by atoms with E-state index in [1.165, 1.54) is 13.3 Å². The number of pyridine rings is 1. The van der Waals surface area contributed by atoms with Crippen molar-refractivity contribution in [2.75, 3.05) is 7.11 Å². The molecule has 0 fully saturated rings. The maximum Gasteiger partial charge on any atom is 0.166 e. The third-order valence-electron chi connectivity index (χ3n) is 4.20. The zero-order valence-electron chi connectivity index (χ0n) is 14.4. The minimum absolute atomic E-state index is 0.261. The Morgan fingerprint density at radius 3 is 3.00 bits per heavy atom. The Balaban J connectivity index is 1.63. The number of H-pyrrole nitrogens is 1. The summed E-state index contributed by atoms with van der Waals surface area (Å²) in [6.45, 7) is 0.498. The van der Waals surface area contributed by atoms with Crippen molar-refractivity contribution in [3.05, 3.63) is 59.7 Å². The van der Waals surface area contributed by atoms with Gasteiger partial charge in [0, 0.05) is 16.5 Å². The second kappa shape index (κ2) is 6.72. The molecule has 3 aromatic heterocycles. The lowest BCUT2D eigenvalue weighted by Crippen LogP contribution is -2.00. The topological polar surface area (TPSA) is 109 Å². The number of ether oxygens (including phenoxy) is 1. The maximum atomic E-state index is 10.9. The van der Waals surface area contributed by atoms with Gasteiger partial charge in [-0.1, -0.05) is 17.3 Å². The molecule has 3 heterocycles. The van der Waals surface area contributed by atoms with Crippen LogP contribution >= 0.6 is 0 Å². The lowest BCUT2D eigenvalue weighted by Gasteiger charge is -2.03. The Labute approximate surface area is 154 Å². The molecule has 0 aliphatic heterocycles. The van der Waals surface area contributed by atoms with Crippen molar-refractivity contribution in [2.45, 2.75) is 6.54 Å². The minimum Gasteiger partial charge on any atom is -0.495 e. The fraction of sp³-hybridized carbons (Fsp3) is 0.105. The summed E-state index contributed by atoms with van der Waals surface area (Å²) in [6, 6.07) is 11.5. The van der Waals surface area contributed by atoms with E-state index < -0.39 is 0 Å². The molecule has 0 saturated carbocycles. The van der Waals surface area contributed by atoms with E-state index in [1.54, 1.807) is 23.0 Å². The molecule has 0 bridgehead atoms. The third-order valence-corrected chi connectivity index (χ3v) is 4.20. The standard InChI is InChI=1S/C19H14N6O2/c1-27-15-6-16(18(7-20)21-8-15)19-10-25(24-23-19)9-12-2-3-13-5-14(11-26)22-17(13)4-12/h2-6,8,10-11,22H,9H2,1H3. The highest BCUT2D eigenvalue weighted by atomic mass is 16.5. The number of aromatic nitrogens is 5. The first-order valence-electron chi connectivity index (χ1n) is 8.11. The molecule has 0 radical (unpaired) electrons. The molecule has 0 atom stereocenters. The summed E-state index contributed by atoms with van der Waals surface area (Å²) < 4.78 is 6.86. The normalized spacial score (nSPS) is 10.7. The van der Waals surface area contributed by atoms with E-state index in [-0.39, 0.29) is 5.69 Å². The number of aldehydes is 1. The van der Waals surface area contributed by atoms with E-state index in [0.29, 0.717) is 29.2 Å². The van der Waals surface area contributed by atoms with Crippen molar-refractivity contribution in [1.29, 1.82) is 5.26 Å². The summed E-state index contributed by atoms with van der Waals surface area (Å²) in [6.07, 6.45) is 4.04. The first-order chi connectivity index (χ1) is 13.2. The van der Waals surface area contributed by atoms with Gasteiger partial charge in [0.05, 0.1) is 31.7 Å². The Morgan fingerprint density at radius 2 is 2.22 bits per heavy atom. The smallest absolute Gasteiger partial charge is 0.166 e. The highest BCUT2D eigenvalue weighted by molar-refractivity contribution is 5.88. The van der Waals surface area contributed by atoms with Gasteiger partial charge in [-0.2, -0.15) is 5.26 Å². The number of nitrogens with one attached hydrogen (secondary N) is 1. The number of nitrogens with zero attached hydrogens (tertiary/aromatic N) is 5. The fourth-order valence-corrected chi connectivity index (χ4v) is 2.89. The van der Waals surface area contributed by atoms with Crippen molar-refractivity contribution in [2.24, 2.45) is 0 Å². The van der Waals surface area contributed by atoms with Crippen LogP contribution in [0.5, 0.6) is 5.75 Å². The van der Waals surface area contributed by atoms with Crippen molar-refractivity contribution in [1.82, 2.24) is 25.0 Å². The van der Waals surface area contributed by atoms with Crippen LogP contribution in [0.25, 0.3) is 22.2 Å². The minimum atomic E-state index is 0.261. The first-order valence-corrected chi connectivity index (χ1v) is 8.11. The Hall–Kier alpha value is -3.99. The van der Waals surface area contributed by atoms with E-state index in [0.717, 1.165) is 22.8 Å². The largest absolute Gasteiger partial charge is 0.495 e. The number of hydrogen-bond acceptors (Lipinski definition) is 6. The molecule has 8 nitrogen and oxygen atoms in total. The quantitative estimate of drug-likeness (QED) is 0.549. The van der Waals surface area contributed by atoms with E-state index in [2.05, 4.69) is 26.3 Å². The van der Waals surface area contributed by atoms with Crippen LogP contribution in [0.15, 0.2) is 42.7 Å². The maximum absolute atomic E-state index is 10.9. The van der Waals surface area contributed by atoms with Crippen LogP contribution in [0.3, 0.4) is 0 Å². The van der Waals surface area contributed by atoms with Gasteiger partial charge in [0.2, 0.25) is 0 Å². The number of carbonyl (C=O) groups excluding carboxylic acids is 1. The zero-order chi connectivity index (χ0) is 18.8. The number of benzene rings is 1. The fourth-order valence-electron chi connectivity index (χ4n) is 2.89. The number of fused-ring (bicyclic) bond motifs is 1. The molecule has 132 valence electrons. The summed E-state index contributed by atoms with van der Waals surface area (Å²) in [7, 11) is 1.54. The monoisotopic (exact) mass is 358 g/mol. The van der Waals surface area contributed by atoms with Crippen molar-refractivity contribution in [3.63, 3.8) is 0 Å². The Bertz CT molecular complexity index is 1180.